The van der Waals surface area contributed by atoms with Gasteiger partial charge >= 0.3 is 0 Å². The van der Waals surface area contributed by atoms with E-state index in [1.807, 2.05) is 0 Å². The van der Waals surface area contributed by atoms with Gasteiger partial charge < -0.3 is 0 Å². The molecule has 0 radical (unpaired) electrons. The Balaban J connectivity index is 2.59. The smallest absolute Gasteiger partial charge is 0.207 e. The number of hydrogen-bond donors (Lipinski definition) is 0. The van der Waals surface area contributed by atoms with Crippen LogP contribution >= 0.6 is 0 Å². The van der Waals surface area contributed by atoms with Crippen LogP contribution in [-0.2, 0) is 0 Å². The maximum Gasteiger partial charge on any atom is 0.248 e. The molecule has 1 rings (SSSR count). The van der Waals surface area contributed by atoms with Crippen LogP contribution in [0.15, 0.2) is 0 Å². The average molecular weight is 232 g/mol. The van der Waals surface area contributed by atoms with Crippen molar-refractivity contribution in [3.8, 4) is 0 Å². The Bertz CT molecular complexity index is 195. The van der Waals surface area contributed by atoms with Gasteiger partial charge in [-0.15, -0.1) is 0 Å². The third-order valence-electron chi connectivity index (χ3n) is 4.34. The maximum absolute atomic E-state index is 13.1. The van der Waals surface area contributed by atoms with Gasteiger partial charge in [-0.1, -0.05) is 33.6 Å². The highest BCUT2D eigenvalue weighted by molar-refractivity contribution is 4.88. The molecule has 0 aromatic carbocycles. The summed E-state index contributed by atoms with van der Waals surface area (Å²) in [5.41, 5.74) is 0.306. The zero-order valence-corrected chi connectivity index (χ0v) is 11.0. The van der Waals surface area contributed by atoms with Crippen LogP contribution in [0.5, 0.6) is 0 Å². The number of rotatable bonds is 5. The molecule has 1 aliphatic carbocycles. The highest BCUT2D eigenvalue weighted by Crippen LogP contribution is 2.48. The minimum Gasteiger partial charge on any atom is -0.207 e. The quantitative estimate of drug-likeness (QED) is 0.594. The first-order valence-corrected chi connectivity index (χ1v) is 6.81. The Morgan fingerprint density at radius 1 is 1.06 bits per heavy atom. The summed E-state index contributed by atoms with van der Waals surface area (Å²) in [6.45, 7) is 6.71. The second kappa shape index (κ2) is 5.46. The van der Waals surface area contributed by atoms with Crippen LogP contribution in [0.4, 0.5) is 8.78 Å². The summed E-state index contributed by atoms with van der Waals surface area (Å²) in [6.07, 6.45) is 6.40. The first kappa shape index (κ1) is 13.9. The summed E-state index contributed by atoms with van der Waals surface area (Å²) in [7, 11) is 0. The Kier molecular flexibility index (Phi) is 4.75. The molecule has 0 aromatic heterocycles. The first-order valence-electron chi connectivity index (χ1n) is 6.81. The Labute approximate surface area is 98.8 Å². The summed E-state index contributed by atoms with van der Waals surface area (Å²) in [6, 6.07) is 0. The lowest BCUT2D eigenvalue weighted by atomic mass is 9.65. The maximum atomic E-state index is 13.1. The predicted molar refractivity (Wildman–Crippen MR) is 64.8 cm³/mol. The molecule has 1 saturated carbocycles. The molecule has 0 spiro atoms. The van der Waals surface area contributed by atoms with Crippen molar-refractivity contribution >= 4 is 0 Å². The van der Waals surface area contributed by atoms with Crippen molar-refractivity contribution in [2.45, 2.75) is 78.1 Å². The molecule has 0 unspecified atom stereocenters. The molecule has 0 nitrogen and oxygen atoms in total. The fourth-order valence-corrected chi connectivity index (χ4v) is 3.41. The molecule has 16 heavy (non-hydrogen) atoms. The van der Waals surface area contributed by atoms with E-state index in [2.05, 4.69) is 20.8 Å². The summed E-state index contributed by atoms with van der Waals surface area (Å²) in [5.74, 6) is -1.86. The molecular formula is C14H26F2. The zero-order valence-electron chi connectivity index (χ0n) is 11.0. The van der Waals surface area contributed by atoms with Crippen LogP contribution in [-0.4, -0.2) is 5.92 Å². The van der Waals surface area contributed by atoms with E-state index in [0.29, 0.717) is 11.3 Å². The number of halogens is 2. The molecule has 0 bridgehead atoms. The van der Waals surface area contributed by atoms with Crippen LogP contribution in [0.25, 0.3) is 0 Å². The molecule has 96 valence electrons. The van der Waals surface area contributed by atoms with Gasteiger partial charge in [0.2, 0.25) is 5.92 Å². The van der Waals surface area contributed by atoms with E-state index in [4.69, 9.17) is 0 Å². The molecule has 0 amide bonds. The summed E-state index contributed by atoms with van der Waals surface area (Å²) in [4.78, 5) is 0. The minimum atomic E-state index is -2.38. The van der Waals surface area contributed by atoms with Crippen LogP contribution in [0.1, 0.15) is 72.1 Å². The molecule has 0 aromatic rings. The van der Waals surface area contributed by atoms with E-state index >= 15 is 0 Å². The first-order chi connectivity index (χ1) is 7.43. The van der Waals surface area contributed by atoms with E-state index in [9.17, 15) is 8.78 Å². The monoisotopic (exact) mass is 232 g/mol. The van der Waals surface area contributed by atoms with Crippen LogP contribution in [0.3, 0.4) is 0 Å². The van der Waals surface area contributed by atoms with E-state index < -0.39 is 5.92 Å². The van der Waals surface area contributed by atoms with Crippen molar-refractivity contribution in [3.63, 3.8) is 0 Å². The van der Waals surface area contributed by atoms with Gasteiger partial charge in [0, 0.05) is 12.8 Å². The Hall–Kier alpha value is -0.140. The molecule has 0 N–H and O–H groups in total. The summed E-state index contributed by atoms with van der Waals surface area (Å²) in [5, 5.41) is 0. The SMILES string of the molecule is CCCC(C)(CCC)C1CCC(F)(F)CC1. The van der Waals surface area contributed by atoms with Crippen molar-refractivity contribution < 1.29 is 8.78 Å². The van der Waals surface area contributed by atoms with Crippen LogP contribution < -0.4 is 0 Å². The highest BCUT2D eigenvalue weighted by atomic mass is 19.3. The minimum absolute atomic E-state index is 0.112. The lowest BCUT2D eigenvalue weighted by Gasteiger charge is -2.42. The van der Waals surface area contributed by atoms with Gasteiger partial charge in [-0.3, -0.25) is 0 Å². The van der Waals surface area contributed by atoms with E-state index in [1.54, 1.807) is 0 Å². The van der Waals surface area contributed by atoms with Gasteiger partial charge in [0.05, 0.1) is 0 Å². The third-order valence-corrected chi connectivity index (χ3v) is 4.34. The molecule has 0 saturated heterocycles. The fraction of sp³-hybridized carbons (Fsp3) is 1.00. The van der Waals surface area contributed by atoms with Gasteiger partial charge in [-0.25, -0.2) is 8.78 Å². The predicted octanol–water partition coefficient (Wildman–Crippen LogP) is 5.42. The largest absolute Gasteiger partial charge is 0.248 e. The van der Waals surface area contributed by atoms with Crippen LogP contribution in [0, 0.1) is 11.3 Å². The van der Waals surface area contributed by atoms with Gasteiger partial charge in [-0.2, -0.15) is 0 Å². The standard InChI is InChI=1S/C14H26F2/c1-4-8-13(3,9-5-2)12-6-10-14(15,16)11-7-12/h12H,4-11H2,1-3H3. The van der Waals surface area contributed by atoms with E-state index in [0.717, 1.165) is 12.8 Å². The van der Waals surface area contributed by atoms with Crippen molar-refractivity contribution in [3.05, 3.63) is 0 Å². The van der Waals surface area contributed by atoms with Crippen molar-refractivity contribution in [1.82, 2.24) is 0 Å². The van der Waals surface area contributed by atoms with Gasteiger partial charge in [0.1, 0.15) is 0 Å². The van der Waals surface area contributed by atoms with E-state index in [-0.39, 0.29) is 12.8 Å². The van der Waals surface area contributed by atoms with E-state index in [1.165, 1.54) is 25.7 Å². The molecule has 1 aliphatic rings. The van der Waals surface area contributed by atoms with Gasteiger partial charge in [0.25, 0.3) is 0 Å². The molecule has 0 heterocycles. The normalized spacial score (nSPS) is 22.3. The van der Waals surface area contributed by atoms with Gasteiger partial charge in [0.15, 0.2) is 0 Å². The molecule has 2 heteroatoms. The fourth-order valence-electron chi connectivity index (χ4n) is 3.41. The Morgan fingerprint density at radius 2 is 1.50 bits per heavy atom. The summed E-state index contributed by atoms with van der Waals surface area (Å²) >= 11 is 0. The number of alkyl halides is 2. The highest BCUT2D eigenvalue weighted by Gasteiger charge is 2.41. The Morgan fingerprint density at radius 3 is 1.88 bits per heavy atom. The lowest BCUT2D eigenvalue weighted by Crippen LogP contribution is -2.34. The third kappa shape index (κ3) is 3.43. The summed E-state index contributed by atoms with van der Waals surface area (Å²) < 4.78 is 26.3. The van der Waals surface area contributed by atoms with Crippen molar-refractivity contribution in [1.29, 1.82) is 0 Å². The zero-order chi connectivity index (χ0) is 12.2. The second-order valence-corrected chi connectivity index (χ2v) is 5.78. The average Bonchev–Trinajstić information content (AvgIpc) is 2.17. The van der Waals surface area contributed by atoms with Gasteiger partial charge in [-0.05, 0) is 37.0 Å². The molecule has 0 atom stereocenters. The lowest BCUT2D eigenvalue weighted by molar-refractivity contribution is -0.0646. The number of hydrogen-bond acceptors (Lipinski definition) is 0. The van der Waals surface area contributed by atoms with Crippen LogP contribution in [0.2, 0.25) is 0 Å². The molecular weight excluding hydrogens is 206 g/mol. The topological polar surface area (TPSA) is 0 Å². The molecule has 1 fully saturated rings. The van der Waals surface area contributed by atoms with Crippen molar-refractivity contribution in [2.75, 3.05) is 0 Å². The molecule has 0 aliphatic heterocycles. The second-order valence-electron chi connectivity index (χ2n) is 5.78. The van der Waals surface area contributed by atoms with Crippen molar-refractivity contribution in [2.24, 2.45) is 11.3 Å².